The van der Waals surface area contributed by atoms with Gasteiger partial charge in [0.25, 0.3) is 0 Å². The summed E-state index contributed by atoms with van der Waals surface area (Å²) in [5.74, 6) is -2.59. The van der Waals surface area contributed by atoms with Crippen molar-refractivity contribution in [3.05, 3.63) is 108 Å². The van der Waals surface area contributed by atoms with E-state index in [1.54, 1.807) is 72.8 Å². The summed E-state index contributed by atoms with van der Waals surface area (Å²) >= 11 is 0. The maximum Gasteiger partial charge on any atom is 0.414 e. The van der Waals surface area contributed by atoms with Gasteiger partial charge in [-0.1, -0.05) is 91.0 Å². The van der Waals surface area contributed by atoms with Crippen molar-refractivity contribution in [1.82, 2.24) is 10.6 Å². The van der Waals surface area contributed by atoms with Crippen molar-refractivity contribution in [3.8, 4) is 0 Å². The van der Waals surface area contributed by atoms with E-state index in [9.17, 15) is 24.3 Å². The number of aliphatic imine (C=N–C) groups is 1. The minimum absolute atomic E-state index is 0.0190. The first-order valence-electron chi connectivity index (χ1n) is 13.0. The molecule has 0 saturated carbocycles. The Labute approximate surface area is 242 Å². The van der Waals surface area contributed by atoms with Crippen LogP contribution in [0.25, 0.3) is 0 Å². The maximum absolute atomic E-state index is 12.9. The molecule has 42 heavy (non-hydrogen) atoms. The van der Waals surface area contributed by atoms with Gasteiger partial charge in [-0.2, -0.15) is 0 Å². The summed E-state index contributed by atoms with van der Waals surface area (Å²) in [6, 6.07) is 24.0. The summed E-state index contributed by atoms with van der Waals surface area (Å²) < 4.78 is 15.6. The van der Waals surface area contributed by atoms with E-state index in [1.165, 1.54) is 0 Å². The van der Waals surface area contributed by atoms with Gasteiger partial charge in [0.2, 0.25) is 0 Å². The molecule has 3 aromatic rings. The van der Waals surface area contributed by atoms with E-state index in [0.717, 1.165) is 16.7 Å². The summed E-state index contributed by atoms with van der Waals surface area (Å²) in [4.78, 5) is 53.2. The van der Waals surface area contributed by atoms with Crippen LogP contribution in [0, 0.1) is 0 Å². The second kappa shape index (κ2) is 16.7. The molecule has 2 atom stereocenters. The van der Waals surface area contributed by atoms with Crippen molar-refractivity contribution in [1.29, 1.82) is 0 Å². The molecule has 0 bridgehead atoms. The van der Waals surface area contributed by atoms with Crippen LogP contribution in [0.4, 0.5) is 9.59 Å². The van der Waals surface area contributed by atoms with Gasteiger partial charge < -0.3 is 30.4 Å². The van der Waals surface area contributed by atoms with Crippen LogP contribution in [-0.4, -0.2) is 47.3 Å². The molecular weight excluding hydrogens is 544 g/mol. The molecule has 12 nitrogen and oxygen atoms in total. The highest BCUT2D eigenvalue weighted by molar-refractivity contribution is 5.94. The lowest BCUT2D eigenvalue weighted by Gasteiger charge is -2.18. The lowest BCUT2D eigenvalue weighted by Crippen LogP contribution is -2.42. The van der Waals surface area contributed by atoms with Gasteiger partial charge in [0, 0.05) is 0 Å². The smallest absolute Gasteiger partial charge is 0.414 e. The average molecular weight is 577 g/mol. The molecule has 0 saturated heterocycles. The van der Waals surface area contributed by atoms with E-state index in [4.69, 9.17) is 19.9 Å². The Hall–Kier alpha value is -5.39. The van der Waals surface area contributed by atoms with Crippen LogP contribution in [0.5, 0.6) is 0 Å². The highest BCUT2D eigenvalue weighted by Crippen LogP contribution is 2.11. The number of carboxylic acid groups (broad SMARTS) is 1. The fourth-order valence-electron chi connectivity index (χ4n) is 3.61. The van der Waals surface area contributed by atoms with Gasteiger partial charge in [-0.3, -0.25) is 5.32 Å². The van der Waals surface area contributed by atoms with Crippen LogP contribution < -0.4 is 16.4 Å². The van der Waals surface area contributed by atoms with E-state index in [1.807, 2.05) is 18.2 Å². The van der Waals surface area contributed by atoms with Crippen molar-refractivity contribution in [3.63, 3.8) is 0 Å². The van der Waals surface area contributed by atoms with E-state index in [0.29, 0.717) is 0 Å². The number of nitrogens with one attached hydrogen (secondary N) is 2. The summed E-state index contributed by atoms with van der Waals surface area (Å²) in [7, 11) is 0. The third-order valence-corrected chi connectivity index (χ3v) is 5.77. The fraction of sp³-hybridized carbons (Fsp3) is 0.233. The van der Waals surface area contributed by atoms with Gasteiger partial charge >= 0.3 is 24.1 Å². The molecule has 0 fully saturated rings. The van der Waals surface area contributed by atoms with Gasteiger partial charge in [0.05, 0.1) is 0 Å². The van der Waals surface area contributed by atoms with Crippen molar-refractivity contribution in [2.45, 2.75) is 44.7 Å². The SMILES string of the molecule is NC(=NC(CC[C@H](NC(=O)OCc1ccccc1)C(=O)O)C(=O)OCc1ccccc1)NC(=O)OCc1ccccc1. The quantitative estimate of drug-likeness (QED) is 0.103. The van der Waals surface area contributed by atoms with Crippen LogP contribution in [0.15, 0.2) is 96.0 Å². The van der Waals surface area contributed by atoms with Crippen molar-refractivity contribution in [2.75, 3.05) is 0 Å². The number of guanidine groups is 1. The lowest BCUT2D eigenvalue weighted by molar-refractivity contribution is -0.147. The number of hydrogen-bond acceptors (Lipinski definition) is 8. The number of aliphatic carboxylic acids is 1. The number of carbonyl (C=O) groups is 4. The normalized spacial score (nSPS) is 12.3. The zero-order chi connectivity index (χ0) is 30.2. The third-order valence-electron chi connectivity index (χ3n) is 5.77. The topological polar surface area (TPSA) is 179 Å². The maximum atomic E-state index is 12.9. The number of nitrogens with zero attached hydrogens (tertiary/aromatic N) is 1. The fourth-order valence-corrected chi connectivity index (χ4v) is 3.61. The van der Waals surface area contributed by atoms with Gasteiger partial charge in [-0.25, -0.2) is 24.2 Å². The Bertz CT molecular complexity index is 1340. The van der Waals surface area contributed by atoms with Crippen LogP contribution in [0.3, 0.4) is 0 Å². The Morgan fingerprint density at radius 1 is 0.690 bits per heavy atom. The van der Waals surface area contributed by atoms with Crippen molar-refractivity contribution < 1.29 is 38.5 Å². The summed E-state index contributed by atoms with van der Waals surface area (Å²) in [6.45, 7) is -0.139. The predicted molar refractivity (Wildman–Crippen MR) is 152 cm³/mol. The number of amides is 2. The summed E-state index contributed by atoms with van der Waals surface area (Å²) in [6.07, 6.45) is -2.26. The van der Waals surface area contributed by atoms with E-state index < -0.39 is 42.2 Å². The predicted octanol–water partition coefficient (Wildman–Crippen LogP) is 3.50. The second-order valence-corrected chi connectivity index (χ2v) is 8.98. The second-order valence-electron chi connectivity index (χ2n) is 8.98. The minimum Gasteiger partial charge on any atom is -0.480 e. The molecule has 0 spiro atoms. The molecule has 220 valence electrons. The highest BCUT2D eigenvalue weighted by Gasteiger charge is 2.27. The number of hydrogen-bond donors (Lipinski definition) is 4. The van der Waals surface area contributed by atoms with E-state index >= 15 is 0 Å². The van der Waals surface area contributed by atoms with E-state index in [-0.39, 0.29) is 32.7 Å². The Morgan fingerprint density at radius 3 is 1.62 bits per heavy atom. The highest BCUT2D eigenvalue weighted by atomic mass is 16.6. The number of rotatable bonds is 13. The van der Waals surface area contributed by atoms with Crippen LogP contribution in [-0.2, 0) is 43.6 Å². The van der Waals surface area contributed by atoms with Gasteiger partial charge in [0.1, 0.15) is 25.9 Å². The molecular formula is C30H32N4O8. The molecule has 0 radical (unpaired) electrons. The first kappa shape index (κ1) is 31.1. The first-order valence-corrected chi connectivity index (χ1v) is 13.0. The number of benzene rings is 3. The molecule has 0 aliphatic carbocycles. The molecule has 0 heterocycles. The Morgan fingerprint density at radius 2 is 1.14 bits per heavy atom. The molecule has 2 amide bonds. The first-order chi connectivity index (χ1) is 20.3. The zero-order valence-corrected chi connectivity index (χ0v) is 22.7. The number of nitrogens with two attached hydrogens (primary N) is 1. The van der Waals surface area contributed by atoms with Crippen LogP contribution in [0.2, 0.25) is 0 Å². The van der Waals surface area contributed by atoms with Crippen LogP contribution in [0.1, 0.15) is 29.5 Å². The zero-order valence-electron chi connectivity index (χ0n) is 22.7. The molecule has 0 aliphatic heterocycles. The number of carbonyl (C=O) groups excluding carboxylic acids is 3. The molecule has 1 unspecified atom stereocenters. The minimum atomic E-state index is -1.40. The lowest BCUT2D eigenvalue weighted by atomic mass is 10.1. The molecule has 0 aliphatic rings. The monoisotopic (exact) mass is 576 g/mol. The number of alkyl carbamates (subject to hydrolysis) is 2. The van der Waals surface area contributed by atoms with Crippen molar-refractivity contribution >= 4 is 30.1 Å². The molecule has 3 rings (SSSR count). The van der Waals surface area contributed by atoms with Gasteiger partial charge in [-0.05, 0) is 29.5 Å². The third kappa shape index (κ3) is 11.4. The number of esters is 1. The summed E-state index contributed by atoms with van der Waals surface area (Å²) in [5.41, 5.74) is 8.05. The Balaban J connectivity index is 1.61. The molecule has 5 N–H and O–H groups in total. The largest absolute Gasteiger partial charge is 0.480 e. The number of carboxylic acids is 1. The number of ether oxygens (including phenoxy) is 3. The molecule has 0 aromatic heterocycles. The standard InChI is InChI=1S/C30H32N4O8/c31-28(34-30(39)42-20-23-14-8-3-9-15-23)32-25(27(37)40-18-21-10-4-1-5-11-21)17-16-24(26(35)36)33-29(38)41-19-22-12-6-2-7-13-22/h1-15,24-25H,16-20H2,(H,33,38)(H,35,36)(H3,31,32,34,39)/t24-,25?/m0/s1. The molecule has 12 heteroatoms. The van der Waals surface area contributed by atoms with Crippen LogP contribution >= 0.6 is 0 Å². The average Bonchev–Trinajstić information content (AvgIpc) is 3.00. The summed E-state index contributed by atoms with van der Waals surface area (Å²) in [5, 5.41) is 14.2. The van der Waals surface area contributed by atoms with E-state index in [2.05, 4.69) is 15.6 Å². The van der Waals surface area contributed by atoms with Gasteiger partial charge in [-0.15, -0.1) is 0 Å². The molecule has 3 aromatic carbocycles. The van der Waals surface area contributed by atoms with Gasteiger partial charge in [0.15, 0.2) is 12.0 Å². The Kier molecular flexibility index (Phi) is 12.3. The van der Waals surface area contributed by atoms with Crippen molar-refractivity contribution in [2.24, 2.45) is 10.7 Å².